The lowest BCUT2D eigenvalue weighted by atomic mass is 10.1. The molecule has 0 aliphatic heterocycles. The second kappa shape index (κ2) is 7.13. The number of anilines is 1. The summed E-state index contributed by atoms with van der Waals surface area (Å²) >= 11 is 0. The van der Waals surface area contributed by atoms with Crippen LogP contribution in [0.3, 0.4) is 0 Å². The summed E-state index contributed by atoms with van der Waals surface area (Å²) < 4.78 is 5.19. The lowest BCUT2D eigenvalue weighted by molar-refractivity contribution is -0.116. The maximum absolute atomic E-state index is 12.1. The summed E-state index contributed by atoms with van der Waals surface area (Å²) in [4.78, 5) is 16.5. The molecule has 0 saturated heterocycles. The van der Waals surface area contributed by atoms with Crippen LogP contribution >= 0.6 is 0 Å². The first kappa shape index (κ1) is 16.0. The van der Waals surface area contributed by atoms with Gasteiger partial charge in [-0.2, -0.15) is 0 Å². The van der Waals surface area contributed by atoms with Gasteiger partial charge in [0.2, 0.25) is 5.91 Å². The quantitative estimate of drug-likeness (QED) is 0.769. The van der Waals surface area contributed by atoms with Gasteiger partial charge in [-0.05, 0) is 37.1 Å². The van der Waals surface area contributed by atoms with Crippen molar-refractivity contribution in [2.45, 2.75) is 19.8 Å². The highest BCUT2D eigenvalue weighted by molar-refractivity contribution is 5.93. The van der Waals surface area contributed by atoms with Gasteiger partial charge in [-0.15, -0.1) is 0 Å². The second-order valence-corrected chi connectivity index (χ2v) is 5.82. The zero-order valence-corrected chi connectivity index (χ0v) is 13.9. The monoisotopic (exact) mass is 320 g/mol. The third kappa shape index (κ3) is 3.90. The van der Waals surface area contributed by atoms with E-state index in [1.165, 1.54) is 11.1 Å². The third-order valence-electron chi connectivity index (χ3n) is 3.94. The van der Waals surface area contributed by atoms with Crippen LogP contribution in [-0.4, -0.2) is 18.0 Å². The van der Waals surface area contributed by atoms with Crippen molar-refractivity contribution in [3.63, 3.8) is 0 Å². The first-order chi connectivity index (χ1) is 11.6. The Kier molecular flexibility index (Phi) is 4.75. The standard InChI is InChI=1S/C20H20N2O2/c1-14-3-5-15(6-4-14)7-10-20(23)22-17-11-16-8-9-18(24-2)12-19(16)21-13-17/h3-6,8-9,11-13H,7,10H2,1-2H3,(H,22,23). The summed E-state index contributed by atoms with van der Waals surface area (Å²) in [5, 5.41) is 3.88. The number of carbonyl (C=O) groups excluding carboxylic acids is 1. The van der Waals surface area contributed by atoms with Crippen LogP contribution in [0.2, 0.25) is 0 Å². The molecule has 24 heavy (non-hydrogen) atoms. The predicted octanol–water partition coefficient (Wildman–Crippen LogP) is 4.12. The van der Waals surface area contributed by atoms with Gasteiger partial charge in [0.15, 0.2) is 0 Å². The molecule has 2 aromatic carbocycles. The molecule has 3 rings (SSSR count). The molecule has 122 valence electrons. The van der Waals surface area contributed by atoms with Gasteiger partial charge in [0, 0.05) is 17.9 Å². The number of nitrogens with zero attached hydrogens (tertiary/aromatic N) is 1. The maximum atomic E-state index is 12.1. The fourth-order valence-corrected chi connectivity index (χ4v) is 2.53. The average Bonchev–Trinajstić information content (AvgIpc) is 2.61. The minimum absolute atomic E-state index is 0.00904. The number of aromatic nitrogens is 1. The Morgan fingerprint density at radius 2 is 1.92 bits per heavy atom. The molecule has 0 saturated carbocycles. The van der Waals surface area contributed by atoms with Crippen LogP contribution in [0.4, 0.5) is 5.69 Å². The Balaban J connectivity index is 1.63. The second-order valence-electron chi connectivity index (χ2n) is 5.82. The van der Waals surface area contributed by atoms with Crippen LogP contribution in [0.5, 0.6) is 5.75 Å². The van der Waals surface area contributed by atoms with Crippen LogP contribution in [-0.2, 0) is 11.2 Å². The van der Waals surface area contributed by atoms with E-state index < -0.39 is 0 Å². The highest BCUT2D eigenvalue weighted by atomic mass is 16.5. The number of rotatable bonds is 5. The zero-order chi connectivity index (χ0) is 16.9. The van der Waals surface area contributed by atoms with E-state index in [0.717, 1.165) is 23.1 Å². The van der Waals surface area contributed by atoms with E-state index in [0.29, 0.717) is 12.1 Å². The van der Waals surface area contributed by atoms with Gasteiger partial charge in [-0.25, -0.2) is 0 Å². The van der Waals surface area contributed by atoms with Crippen molar-refractivity contribution in [2.75, 3.05) is 12.4 Å². The Labute approximate surface area is 141 Å². The van der Waals surface area contributed by atoms with Gasteiger partial charge >= 0.3 is 0 Å². The van der Waals surface area contributed by atoms with Crippen LogP contribution < -0.4 is 10.1 Å². The van der Waals surface area contributed by atoms with Crippen molar-refractivity contribution < 1.29 is 9.53 Å². The summed E-state index contributed by atoms with van der Waals surface area (Å²) in [7, 11) is 1.63. The summed E-state index contributed by atoms with van der Waals surface area (Å²) in [6.45, 7) is 2.05. The lowest BCUT2D eigenvalue weighted by Crippen LogP contribution is -2.12. The number of ether oxygens (including phenoxy) is 1. The molecule has 0 atom stereocenters. The number of carbonyl (C=O) groups is 1. The molecule has 0 radical (unpaired) electrons. The van der Waals surface area contributed by atoms with Crippen molar-refractivity contribution >= 4 is 22.5 Å². The van der Waals surface area contributed by atoms with Crippen molar-refractivity contribution in [1.29, 1.82) is 0 Å². The molecule has 0 fully saturated rings. The van der Waals surface area contributed by atoms with E-state index in [2.05, 4.69) is 41.5 Å². The third-order valence-corrected chi connectivity index (χ3v) is 3.94. The molecule has 0 bridgehead atoms. The highest BCUT2D eigenvalue weighted by Gasteiger charge is 2.05. The Morgan fingerprint density at radius 1 is 1.12 bits per heavy atom. The number of fused-ring (bicyclic) bond motifs is 1. The molecule has 3 aromatic rings. The van der Waals surface area contributed by atoms with Gasteiger partial charge in [-0.3, -0.25) is 9.78 Å². The number of methoxy groups -OCH3 is 1. The summed E-state index contributed by atoms with van der Waals surface area (Å²) in [6.07, 6.45) is 2.85. The molecular weight excluding hydrogens is 300 g/mol. The normalized spacial score (nSPS) is 10.6. The molecule has 0 unspecified atom stereocenters. The van der Waals surface area contributed by atoms with Gasteiger partial charge in [0.25, 0.3) is 0 Å². The molecule has 4 nitrogen and oxygen atoms in total. The minimum Gasteiger partial charge on any atom is -0.497 e. The van der Waals surface area contributed by atoms with Gasteiger partial charge < -0.3 is 10.1 Å². The molecule has 1 aromatic heterocycles. The van der Waals surface area contributed by atoms with Gasteiger partial charge in [0.1, 0.15) is 5.75 Å². The smallest absolute Gasteiger partial charge is 0.224 e. The Morgan fingerprint density at radius 3 is 2.67 bits per heavy atom. The van der Waals surface area contributed by atoms with E-state index in [4.69, 9.17) is 4.74 Å². The SMILES string of the molecule is COc1ccc2cc(NC(=O)CCc3ccc(C)cc3)cnc2c1. The molecule has 4 heteroatoms. The molecule has 0 spiro atoms. The Hall–Kier alpha value is -2.88. The number of pyridine rings is 1. The number of benzene rings is 2. The lowest BCUT2D eigenvalue weighted by Gasteiger charge is -2.07. The molecule has 1 amide bonds. The largest absolute Gasteiger partial charge is 0.497 e. The summed E-state index contributed by atoms with van der Waals surface area (Å²) in [5.74, 6) is 0.759. The maximum Gasteiger partial charge on any atom is 0.224 e. The fourth-order valence-electron chi connectivity index (χ4n) is 2.53. The molecular formula is C20H20N2O2. The minimum atomic E-state index is -0.00904. The van der Waals surface area contributed by atoms with E-state index >= 15 is 0 Å². The van der Waals surface area contributed by atoms with Crippen molar-refractivity contribution in [3.8, 4) is 5.75 Å². The van der Waals surface area contributed by atoms with Gasteiger partial charge in [-0.1, -0.05) is 29.8 Å². The van der Waals surface area contributed by atoms with Gasteiger partial charge in [0.05, 0.1) is 24.5 Å². The van der Waals surface area contributed by atoms with Crippen molar-refractivity contribution in [1.82, 2.24) is 4.98 Å². The van der Waals surface area contributed by atoms with Crippen molar-refractivity contribution in [3.05, 3.63) is 65.9 Å². The predicted molar refractivity (Wildman–Crippen MR) is 96.4 cm³/mol. The van der Waals surface area contributed by atoms with Crippen LogP contribution in [0.25, 0.3) is 10.9 Å². The van der Waals surface area contributed by atoms with E-state index in [9.17, 15) is 4.79 Å². The van der Waals surface area contributed by atoms with Crippen LogP contribution in [0, 0.1) is 6.92 Å². The first-order valence-corrected chi connectivity index (χ1v) is 7.93. The van der Waals surface area contributed by atoms with E-state index in [-0.39, 0.29) is 5.91 Å². The molecule has 1 N–H and O–H groups in total. The van der Waals surface area contributed by atoms with E-state index in [1.807, 2.05) is 24.3 Å². The van der Waals surface area contributed by atoms with Crippen molar-refractivity contribution in [2.24, 2.45) is 0 Å². The number of aryl methyl sites for hydroxylation is 2. The number of hydrogen-bond donors (Lipinski definition) is 1. The molecule has 0 aliphatic carbocycles. The topological polar surface area (TPSA) is 51.2 Å². The Bertz CT molecular complexity index is 857. The number of hydrogen-bond acceptors (Lipinski definition) is 3. The molecule has 1 heterocycles. The van der Waals surface area contributed by atoms with Crippen LogP contribution in [0.1, 0.15) is 17.5 Å². The fraction of sp³-hybridized carbons (Fsp3) is 0.200. The summed E-state index contributed by atoms with van der Waals surface area (Å²) in [6, 6.07) is 15.9. The summed E-state index contributed by atoms with van der Waals surface area (Å²) in [5.41, 5.74) is 3.94. The zero-order valence-electron chi connectivity index (χ0n) is 13.9. The van der Waals surface area contributed by atoms with E-state index in [1.54, 1.807) is 13.3 Å². The molecule has 0 aliphatic rings. The van der Waals surface area contributed by atoms with Crippen LogP contribution in [0.15, 0.2) is 54.7 Å². The number of amides is 1. The first-order valence-electron chi connectivity index (χ1n) is 7.93. The average molecular weight is 320 g/mol. The highest BCUT2D eigenvalue weighted by Crippen LogP contribution is 2.21. The number of nitrogens with one attached hydrogen (secondary N) is 1.